The first kappa shape index (κ1) is 31.2. The molecule has 5 nitrogen and oxygen atoms in total. The highest BCUT2D eigenvalue weighted by molar-refractivity contribution is 7.97. The first-order valence-electron chi connectivity index (χ1n) is 12.1. The van der Waals surface area contributed by atoms with E-state index in [4.69, 9.17) is 38.4 Å². The molecule has 1 atom stereocenters. The number of likely N-dealkylation sites (N-methyl/N-ethyl adjacent to an activating group) is 1. The van der Waals surface area contributed by atoms with Crippen LogP contribution >= 0.6 is 35.1 Å². The van der Waals surface area contributed by atoms with E-state index < -0.39 is 0 Å². The number of fused-ring (bicyclic) bond motifs is 1. The monoisotopic (exact) mass is 529 g/mol. The second kappa shape index (κ2) is 18.4. The van der Waals surface area contributed by atoms with Crippen molar-refractivity contribution in [2.24, 2.45) is 5.73 Å². The van der Waals surface area contributed by atoms with Crippen LogP contribution in [0.2, 0.25) is 10.0 Å². The Hall–Kier alpha value is -0.830. The molecule has 0 spiro atoms. The molecule has 0 saturated heterocycles. The van der Waals surface area contributed by atoms with E-state index in [-0.39, 0.29) is 5.92 Å². The quantitative estimate of drug-likeness (QED) is 0.266. The zero-order chi connectivity index (χ0) is 25.3. The van der Waals surface area contributed by atoms with Gasteiger partial charge in [-0.25, -0.2) is 0 Å². The summed E-state index contributed by atoms with van der Waals surface area (Å²) in [4.78, 5) is 3.47. The number of ether oxygens (including phenoxy) is 2. The summed E-state index contributed by atoms with van der Waals surface area (Å²) in [6.07, 6.45) is 0. The average molecular weight is 531 g/mol. The fraction of sp³-hybridized carbons (Fsp3) is 0.538. The summed E-state index contributed by atoms with van der Waals surface area (Å²) in [5.74, 6) is 0.261. The normalized spacial score (nSPS) is 15.0. The van der Waals surface area contributed by atoms with Gasteiger partial charge in [0.2, 0.25) is 0 Å². The minimum atomic E-state index is 0.261. The third kappa shape index (κ3) is 10.4. The molecule has 3 N–H and O–H groups in total. The van der Waals surface area contributed by atoms with Crippen LogP contribution in [0.4, 0.5) is 0 Å². The zero-order valence-electron chi connectivity index (χ0n) is 21.2. The van der Waals surface area contributed by atoms with Crippen molar-refractivity contribution in [3.8, 4) is 0 Å². The molecule has 192 valence electrons. The second-order valence-corrected chi connectivity index (χ2v) is 9.09. The lowest BCUT2D eigenvalue weighted by Gasteiger charge is -2.33. The molecule has 34 heavy (non-hydrogen) atoms. The van der Waals surface area contributed by atoms with Gasteiger partial charge < -0.3 is 20.1 Å². The SMILES string of the molecule is CC.CC.CN1Cc2c(Cl)cc(Cl)cc2C(c2ccc(SNCCOCCOCCN)cc2)C1. The highest BCUT2D eigenvalue weighted by Gasteiger charge is 2.27. The summed E-state index contributed by atoms with van der Waals surface area (Å²) in [7, 11) is 2.13. The van der Waals surface area contributed by atoms with Gasteiger partial charge in [0.05, 0.1) is 26.4 Å². The van der Waals surface area contributed by atoms with Crippen LogP contribution < -0.4 is 10.5 Å². The van der Waals surface area contributed by atoms with Crippen molar-refractivity contribution in [2.45, 2.75) is 45.1 Å². The van der Waals surface area contributed by atoms with E-state index in [0.717, 1.165) is 24.7 Å². The first-order chi connectivity index (χ1) is 16.6. The Morgan fingerprint density at radius 1 is 1.00 bits per heavy atom. The molecule has 0 fully saturated rings. The van der Waals surface area contributed by atoms with Crippen LogP contribution in [-0.4, -0.2) is 58.0 Å². The molecule has 0 saturated carbocycles. The number of nitrogens with one attached hydrogen (secondary N) is 1. The van der Waals surface area contributed by atoms with Gasteiger partial charge in [0.25, 0.3) is 0 Å². The Balaban J connectivity index is 0.00000137. The van der Waals surface area contributed by atoms with Crippen LogP contribution in [0.15, 0.2) is 41.3 Å². The molecular formula is C26H41Cl2N3O2S. The number of nitrogens with two attached hydrogens (primary N) is 1. The van der Waals surface area contributed by atoms with Gasteiger partial charge in [-0.1, -0.05) is 63.0 Å². The van der Waals surface area contributed by atoms with Gasteiger partial charge in [0.15, 0.2) is 0 Å². The van der Waals surface area contributed by atoms with Crippen LogP contribution in [0.3, 0.4) is 0 Å². The third-order valence-electron chi connectivity index (χ3n) is 4.95. The molecule has 1 unspecified atom stereocenters. The predicted molar refractivity (Wildman–Crippen MR) is 148 cm³/mol. The molecule has 1 aliphatic heterocycles. The highest BCUT2D eigenvalue weighted by Crippen LogP contribution is 2.38. The molecule has 8 heteroatoms. The van der Waals surface area contributed by atoms with E-state index in [2.05, 4.69) is 47.0 Å². The van der Waals surface area contributed by atoms with Gasteiger partial charge in [-0.15, -0.1) is 0 Å². The van der Waals surface area contributed by atoms with Crippen molar-refractivity contribution in [3.63, 3.8) is 0 Å². The second-order valence-electron chi connectivity index (χ2n) is 7.28. The van der Waals surface area contributed by atoms with Crippen LogP contribution in [0, 0.1) is 0 Å². The number of halogens is 2. The average Bonchev–Trinajstić information content (AvgIpc) is 2.86. The predicted octanol–water partition coefficient (Wildman–Crippen LogP) is 6.21. The molecule has 3 rings (SSSR count). The molecule has 1 aliphatic rings. The largest absolute Gasteiger partial charge is 0.378 e. The Bertz CT molecular complexity index is 809. The Labute approximate surface area is 220 Å². The van der Waals surface area contributed by atoms with Gasteiger partial charge in [-0.2, -0.15) is 0 Å². The van der Waals surface area contributed by atoms with E-state index in [0.29, 0.717) is 38.0 Å². The van der Waals surface area contributed by atoms with Gasteiger partial charge in [0.1, 0.15) is 0 Å². The first-order valence-corrected chi connectivity index (χ1v) is 13.7. The molecule has 2 aromatic rings. The van der Waals surface area contributed by atoms with E-state index in [1.54, 1.807) is 11.9 Å². The van der Waals surface area contributed by atoms with Crippen LogP contribution in [-0.2, 0) is 16.0 Å². The highest BCUT2D eigenvalue weighted by atomic mass is 35.5. The van der Waals surface area contributed by atoms with Crippen molar-refractivity contribution >= 4 is 35.1 Å². The maximum absolute atomic E-state index is 6.47. The van der Waals surface area contributed by atoms with Gasteiger partial charge in [0, 0.05) is 47.0 Å². The van der Waals surface area contributed by atoms with E-state index >= 15 is 0 Å². The molecule has 2 aromatic carbocycles. The fourth-order valence-corrected chi connectivity index (χ4v) is 4.75. The topological polar surface area (TPSA) is 59.8 Å². The van der Waals surface area contributed by atoms with Crippen LogP contribution in [0.5, 0.6) is 0 Å². The van der Waals surface area contributed by atoms with Gasteiger partial charge in [-0.3, -0.25) is 4.72 Å². The zero-order valence-corrected chi connectivity index (χ0v) is 23.5. The number of rotatable bonds is 11. The van der Waals surface area contributed by atoms with Crippen molar-refractivity contribution in [1.29, 1.82) is 0 Å². The molecular weight excluding hydrogens is 489 g/mol. The molecule has 0 bridgehead atoms. The maximum atomic E-state index is 6.47. The minimum Gasteiger partial charge on any atom is -0.378 e. The summed E-state index contributed by atoms with van der Waals surface area (Å²) in [5.41, 5.74) is 9.04. The molecule has 0 amide bonds. The smallest absolute Gasteiger partial charge is 0.0701 e. The standard InChI is InChI=1S/C22H29Cl2N3O2S.2C2H6/c1-27-14-20(19-12-17(23)13-22(24)21(19)15-27)16-2-4-18(5-3-16)30-26-7-9-29-11-10-28-8-6-25;2*1-2/h2-5,12-13,20,26H,6-11,14-15,25H2,1H3;2*1-2H3. The van der Waals surface area contributed by atoms with Crippen molar-refractivity contribution in [3.05, 3.63) is 63.1 Å². The number of benzene rings is 2. The Morgan fingerprint density at radius 3 is 2.29 bits per heavy atom. The molecule has 0 aliphatic carbocycles. The lowest BCUT2D eigenvalue weighted by molar-refractivity contribution is 0.0532. The maximum Gasteiger partial charge on any atom is 0.0701 e. The van der Waals surface area contributed by atoms with Gasteiger partial charge in [-0.05, 0) is 60.0 Å². The summed E-state index contributed by atoms with van der Waals surface area (Å²) >= 11 is 14.4. The lowest BCUT2D eigenvalue weighted by atomic mass is 9.85. The number of hydrogen-bond donors (Lipinski definition) is 2. The fourth-order valence-electron chi connectivity index (χ4n) is 3.55. The van der Waals surface area contributed by atoms with E-state index in [9.17, 15) is 0 Å². The van der Waals surface area contributed by atoms with Crippen molar-refractivity contribution in [2.75, 3.05) is 53.1 Å². The van der Waals surface area contributed by atoms with Crippen LogP contribution in [0.1, 0.15) is 50.3 Å². The Kier molecular flexibility index (Phi) is 16.9. The summed E-state index contributed by atoms with van der Waals surface area (Å²) in [6, 6.07) is 12.6. The minimum absolute atomic E-state index is 0.261. The number of hydrogen-bond acceptors (Lipinski definition) is 6. The third-order valence-corrected chi connectivity index (χ3v) is 6.36. The molecule has 0 radical (unpaired) electrons. The van der Waals surface area contributed by atoms with E-state index in [1.807, 2.05) is 33.8 Å². The number of nitrogens with zero attached hydrogens (tertiary/aromatic N) is 1. The van der Waals surface area contributed by atoms with Gasteiger partial charge >= 0.3 is 0 Å². The van der Waals surface area contributed by atoms with E-state index in [1.165, 1.54) is 21.6 Å². The van der Waals surface area contributed by atoms with Crippen LogP contribution in [0.25, 0.3) is 0 Å². The molecule has 0 aromatic heterocycles. The van der Waals surface area contributed by atoms with Crippen molar-refractivity contribution in [1.82, 2.24) is 9.62 Å². The summed E-state index contributed by atoms with van der Waals surface area (Å²) in [5, 5.41) is 1.44. The Morgan fingerprint density at radius 2 is 1.65 bits per heavy atom. The summed E-state index contributed by atoms with van der Waals surface area (Å²) in [6.45, 7) is 13.5. The summed E-state index contributed by atoms with van der Waals surface area (Å²) < 4.78 is 14.1. The lowest BCUT2D eigenvalue weighted by Crippen LogP contribution is -2.31. The van der Waals surface area contributed by atoms with Crippen molar-refractivity contribution < 1.29 is 9.47 Å². The molecule has 1 heterocycles.